The van der Waals surface area contributed by atoms with Crippen LogP contribution in [-0.2, 0) is 11.3 Å². The number of carbonyl (C=O) groups is 2. The summed E-state index contributed by atoms with van der Waals surface area (Å²) in [6, 6.07) is 10.7. The minimum absolute atomic E-state index is 0.00934. The second kappa shape index (κ2) is 7.23. The average molecular weight is 354 g/mol. The molecule has 2 amide bonds. The first-order chi connectivity index (χ1) is 12.7. The Morgan fingerprint density at radius 3 is 2.77 bits per heavy atom. The number of fused-ring (bicyclic) bond motifs is 1. The molecule has 1 unspecified atom stereocenters. The van der Waals surface area contributed by atoms with Gasteiger partial charge in [0.2, 0.25) is 5.91 Å². The van der Waals surface area contributed by atoms with E-state index >= 15 is 0 Å². The van der Waals surface area contributed by atoms with Crippen molar-refractivity contribution < 1.29 is 18.7 Å². The maximum Gasteiger partial charge on any atom is 0.290 e. The molecular formula is C20H22N2O4. The van der Waals surface area contributed by atoms with Gasteiger partial charge in [0.25, 0.3) is 5.91 Å². The predicted molar refractivity (Wildman–Crippen MR) is 94.7 cm³/mol. The van der Waals surface area contributed by atoms with Crippen LogP contribution in [-0.4, -0.2) is 47.4 Å². The van der Waals surface area contributed by atoms with Crippen LogP contribution < -0.4 is 4.74 Å². The fourth-order valence-corrected chi connectivity index (χ4v) is 3.70. The Morgan fingerprint density at radius 2 is 1.92 bits per heavy atom. The summed E-state index contributed by atoms with van der Waals surface area (Å²) in [4.78, 5) is 29.5. The minimum Gasteiger partial charge on any atom is -0.491 e. The molecule has 1 fully saturated rings. The molecule has 0 spiro atoms. The SMILES string of the molecule is O=C(C1CCCCN1C(=O)c1ccco1)N1CCOc2ccccc2C1. The zero-order valence-electron chi connectivity index (χ0n) is 14.6. The number of nitrogens with zero attached hydrogens (tertiary/aromatic N) is 2. The van der Waals surface area contributed by atoms with Crippen LogP contribution in [0, 0.1) is 0 Å². The van der Waals surface area contributed by atoms with E-state index in [9.17, 15) is 9.59 Å². The molecule has 2 aromatic rings. The molecule has 0 N–H and O–H groups in total. The smallest absolute Gasteiger partial charge is 0.290 e. The third-order valence-electron chi connectivity index (χ3n) is 5.04. The van der Waals surface area contributed by atoms with Crippen molar-refractivity contribution in [3.63, 3.8) is 0 Å². The predicted octanol–water partition coefficient (Wildman–Crippen LogP) is 2.70. The number of carbonyl (C=O) groups excluding carboxylic acids is 2. The van der Waals surface area contributed by atoms with Crippen molar-refractivity contribution in [1.82, 2.24) is 9.80 Å². The molecule has 0 saturated carbocycles. The van der Waals surface area contributed by atoms with Gasteiger partial charge < -0.3 is 19.0 Å². The number of rotatable bonds is 2. The van der Waals surface area contributed by atoms with Gasteiger partial charge in [-0.15, -0.1) is 0 Å². The van der Waals surface area contributed by atoms with Crippen LogP contribution in [0.5, 0.6) is 5.75 Å². The molecule has 0 radical (unpaired) electrons. The first kappa shape index (κ1) is 16.7. The number of benzene rings is 1. The Morgan fingerprint density at radius 1 is 1.04 bits per heavy atom. The van der Waals surface area contributed by atoms with Gasteiger partial charge in [-0.2, -0.15) is 0 Å². The second-order valence-corrected chi connectivity index (χ2v) is 6.70. The van der Waals surface area contributed by atoms with E-state index in [0.29, 0.717) is 32.7 Å². The summed E-state index contributed by atoms with van der Waals surface area (Å²) in [6.45, 7) is 2.07. The minimum atomic E-state index is -0.438. The molecule has 0 aliphatic carbocycles. The number of likely N-dealkylation sites (tertiary alicyclic amines) is 1. The zero-order chi connectivity index (χ0) is 17.9. The van der Waals surface area contributed by atoms with E-state index in [4.69, 9.17) is 9.15 Å². The van der Waals surface area contributed by atoms with E-state index in [1.807, 2.05) is 29.2 Å². The van der Waals surface area contributed by atoms with Crippen molar-refractivity contribution in [3.05, 3.63) is 54.0 Å². The van der Waals surface area contributed by atoms with Crippen molar-refractivity contribution in [2.45, 2.75) is 31.8 Å². The Labute approximate surface area is 152 Å². The third-order valence-corrected chi connectivity index (χ3v) is 5.04. The molecule has 3 heterocycles. The summed E-state index contributed by atoms with van der Waals surface area (Å²) in [5.41, 5.74) is 0.998. The molecule has 6 nitrogen and oxygen atoms in total. The second-order valence-electron chi connectivity index (χ2n) is 6.70. The largest absolute Gasteiger partial charge is 0.491 e. The standard InChI is InChI=1S/C20H22N2O4/c23-19(21-11-13-26-17-8-2-1-6-15(17)14-21)16-7-3-4-10-22(16)20(24)18-9-5-12-25-18/h1-2,5-6,8-9,12,16H,3-4,7,10-11,13-14H2. The third kappa shape index (κ3) is 3.19. The Hall–Kier alpha value is -2.76. The number of ether oxygens (including phenoxy) is 1. The van der Waals surface area contributed by atoms with Gasteiger partial charge in [-0.1, -0.05) is 18.2 Å². The van der Waals surface area contributed by atoms with E-state index in [2.05, 4.69) is 0 Å². The van der Waals surface area contributed by atoms with Crippen molar-refractivity contribution in [3.8, 4) is 5.75 Å². The highest BCUT2D eigenvalue weighted by Gasteiger charge is 2.36. The van der Waals surface area contributed by atoms with Crippen LogP contribution in [0.25, 0.3) is 0 Å². The summed E-state index contributed by atoms with van der Waals surface area (Å²) < 4.78 is 11.0. The molecular weight excluding hydrogens is 332 g/mol. The number of hydrogen-bond acceptors (Lipinski definition) is 4. The number of piperidine rings is 1. The highest BCUT2D eigenvalue weighted by atomic mass is 16.5. The number of hydrogen-bond donors (Lipinski definition) is 0. The lowest BCUT2D eigenvalue weighted by atomic mass is 10.00. The van der Waals surface area contributed by atoms with Gasteiger partial charge in [-0.05, 0) is 37.5 Å². The monoisotopic (exact) mass is 354 g/mol. The van der Waals surface area contributed by atoms with Crippen LogP contribution in [0.3, 0.4) is 0 Å². The fraction of sp³-hybridized carbons (Fsp3) is 0.400. The summed E-state index contributed by atoms with van der Waals surface area (Å²) in [7, 11) is 0. The van der Waals surface area contributed by atoms with Gasteiger partial charge in [0.15, 0.2) is 5.76 Å². The summed E-state index contributed by atoms with van der Waals surface area (Å²) in [6.07, 6.45) is 4.02. The van der Waals surface area contributed by atoms with Crippen molar-refractivity contribution >= 4 is 11.8 Å². The lowest BCUT2D eigenvalue weighted by Crippen LogP contribution is -2.53. The lowest BCUT2D eigenvalue weighted by Gasteiger charge is -2.37. The van der Waals surface area contributed by atoms with E-state index in [1.165, 1.54) is 6.26 Å². The van der Waals surface area contributed by atoms with Crippen LogP contribution in [0.4, 0.5) is 0 Å². The Bertz CT molecular complexity index is 787. The highest BCUT2D eigenvalue weighted by Crippen LogP contribution is 2.26. The molecule has 1 aromatic carbocycles. The number of amides is 2. The first-order valence-electron chi connectivity index (χ1n) is 9.08. The van der Waals surface area contributed by atoms with Crippen molar-refractivity contribution in [2.24, 2.45) is 0 Å². The molecule has 136 valence electrons. The maximum atomic E-state index is 13.2. The molecule has 1 saturated heterocycles. The van der Waals surface area contributed by atoms with E-state index in [0.717, 1.165) is 24.2 Å². The highest BCUT2D eigenvalue weighted by molar-refractivity contribution is 5.95. The molecule has 1 aromatic heterocycles. The van der Waals surface area contributed by atoms with Crippen LogP contribution >= 0.6 is 0 Å². The molecule has 2 aliphatic rings. The van der Waals surface area contributed by atoms with Crippen LogP contribution in [0.2, 0.25) is 0 Å². The molecule has 1 atom stereocenters. The van der Waals surface area contributed by atoms with Crippen molar-refractivity contribution in [1.29, 1.82) is 0 Å². The van der Waals surface area contributed by atoms with E-state index < -0.39 is 6.04 Å². The van der Waals surface area contributed by atoms with Crippen LogP contribution in [0.1, 0.15) is 35.4 Å². The number of furan rings is 1. The van der Waals surface area contributed by atoms with Crippen molar-refractivity contribution in [2.75, 3.05) is 19.7 Å². The first-order valence-corrected chi connectivity index (χ1v) is 9.08. The molecule has 0 bridgehead atoms. The van der Waals surface area contributed by atoms with Gasteiger partial charge in [-0.25, -0.2) is 0 Å². The van der Waals surface area contributed by atoms with Gasteiger partial charge in [-0.3, -0.25) is 9.59 Å². The molecule has 4 rings (SSSR count). The average Bonchev–Trinajstić information content (AvgIpc) is 3.13. The number of para-hydroxylation sites is 1. The molecule has 2 aliphatic heterocycles. The zero-order valence-corrected chi connectivity index (χ0v) is 14.6. The van der Waals surface area contributed by atoms with Crippen LogP contribution in [0.15, 0.2) is 47.1 Å². The van der Waals surface area contributed by atoms with Gasteiger partial charge in [0.1, 0.15) is 18.4 Å². The Balaban J connectivity index is 1.54. The molecule has 26 heavy (non-hydrogen) atoms. The fourth-order valence-electron chi connectivity index (χ4n) is 3.70. The summed E-state index contributed by atoms with van der Waals surface area (Å²) >= 11 is 0. The van der Waals surface area contributed by atoms with Gasteiger partial charge in [0.05, 0.1) is 12.8 Å². The lowest BCUT2D eigenvalue weighted by molar-refractivity contribution is -0.138. The molecule has 6 heteroatoms. The normalized spacial score (nSPS) is 20.1. The van der Waals surface area contributed by atoms with E-state index in [-0.39, 0.29) is 17.6 Å². The Kier molecular flexibility index (Phi) is 4.65. The quantitative estimate of drug-likeness (QED) is 0.832. The summed E-state index contributed by atoms with van der Waals surface area (Å²) in [5, 5.41) is 0. The van der Waals surface area contributed by atoms with Gasteiger partial charge >= 0.3 is 0 Å². The topological polar surface area (TPSA) is 63.0 Å². The van der Waals surface area contributed by atoms with Gasteiger partial charge in [0, 0.05) is 18.7 Å². The van der Waals surface area contributed by atoms with E-state index in [1.54, 1.807) is 17.0 Å². The summed E-state index contributed by atoms with van der Waals surface area (Å²) in [5.74, 6) is 0.897. The maximum absolute atomic E-state index is 13.2.